The number of hydrogen-bond donors (Lipinski definition) is 1. The van der Waals surface area contributed by atoms with E-state index >= 15 is 0 Å². The molecule has 29 heavy (non-hydrogen) atoms. The van der Waals surface area contributed by atoms with Crippen molar-refractivity contribution in [2.45, 2.75) is 27.2 Å². The molecule has 0 aliphatic heterocycles. The van der Waals surface area contributed by atoms with Gasteiger partial charge in [-0.15, -0.1) is 0 Å². The van der Waals surface area contributed by atoms with E-state index in [0.29, 0.717) is 18.8 Å². The molecule has 156 valence electrons. The van der Waals surface area contributed by atoms with Crippen LogP contribution in [0.4, 0.5) is 0 Å². The Morgan fingerprint density at radius 2 is 1.66 bits per heavy atom. The number of hydrogen-bond acceptors (Lipinski definition) is 5. The predicted molar refractivity (Wildman–Crippen MR) is 111 cm³/mol. The summed E-state index contributed by atoms with van der Waals surface area (Å²) in [4.78, 5) is 24.3. The molecule has 6 nitrogen and oxygen atoms in total. The fourth-order valence-corrected chi connectivity index (χ4v) is 2.82. The zero-order valence-electron chi connectivity index (χ0n) is 17.5. The molecule has 6 heteroatoms. The van der Waals surface area contributed by atoms with Gasteiger partial charge >= 0.3 is 5.97 Å². The van der Waals surface area contributed by atoms with E-state index in [-0.39, 0.29) is 25.0 Å². The first-order valence-corrected chi connectivity index (χ1v) is 9.69. The van der Waals surface area contributed by atoms with Crippen molar-refractivity contribution < 1.29 is 23.8 Å². The minimum absolute atomic E-state index is 0.112. The lowest BCUT2D eigenvalue weighted by Gasteiger charge is -2.16. The number of methoxy groups -OCH3 is 1. The molecule has 1 amide bonds. The average molecular weight is 399 g/mol. The van der Waals surface area contributed by atoms with E-state index < -0.39 is 5.92 Å². The van der Waals surface area contributed by atoms with E-state index in [4.69, 9.17) is 14.2 Å². The Balaban J connectivity index is 1.87. The third-order valence-electron chi connectivity index (χ3n) is 4.64. The van der Waals surface area contributed by atoms with Crippen LogP contribution in [0.1, 0.15) is 23.6 Å². The molecule has 2 aromatic carbocycles. The number of esters is 1. The van der Waals surface area contributed by atoms with Gasteiger partial charge in [0.15, 0.2) is 6.61 Å². The summed E-state index contributed by atoms with van der Waals surface area (Å²) in [5.41, 5.74) is 3.23. The quantitative estimate of drug-likeness (QED) is 0.621. The summed E-state index contributed by atoms with van der Waals surface area (Å²) in [6.45, 7) is 6.59. The standard InChI is InChI=1S/C23H29NO5/c1-5-28-20-10-7-18(8-11-20)13-19(23(26)27-4)14-24-22(25)15-29-21-9-6-16(2)17(3)12-21/h6-12,19H,5,13-15H2,1-4H3,(H,24,25)/t19-/m1/s1. The largest absolute Gasteiger partial charge is 0.494 e. The lowest BCUT2D eigenvalue weighted by atomic mass is 9.99. The number of rotatable bonds is 10. The third kappa shape index (κ3) is 7.14. The molecule has 2 aromatic rings. The van der Waals surface area contributed by atoms with Crippen LogP contribution in [0.25, 0.3) is 0 Å². The smallest absolute Gasteiger partial charge is 0.310 e. The van der Waals surface area contributed by atoms with Crippen LogP contribution in [0.5, 0.6) is 11.5 Å². The first-order chi connectivity index (χ1) is 13.9. The summed E-state index contributed by atoms with van der Waals surface area (Å²) >= 11 is 0. The Kier molecular flexibility index (Phi) is 8.52. The summed E-state index contributed by atoms with van der Waals surface area (Å²) in [5, 5.41) is 2.76. The average Bonchev–Trinajstić information content (AvgIpc) is 2.72. The van der Waals surface area contributed by atoms with Crippen LogP contribution in [0.2, 0.25) is 0 Å². The van der Waals surface area contributed by atoms with E-state index in [2.05, 4.69) is 5.32 Å². The monoisotopic (exact) mass is 399 g/mol. The highest BCUT2D eigenvalue weighted by Gasteiger charge is 2.21. The van der Waals surface area contributed by atoms with Gasteiger partial charge < -0.3 is 19.5 Å². The molecule has 2 rings (SSSR count). The van der Waals surface area contributed by atoms with E-state index in [1.54, 1.807) is 0 Å². The number of ether oxygens (including phenoxy) is 3. The van der Waals surface area contributed by atoms with Gasteiger partial charge in [0, 0.05) is 6.54 Å². The molecule has 1 N–H and O–H groups in total. The number of aryl methyl sites for hydroxylation is 2. The van der Waals surface area contributed by atoms with E-state index in [1.807, 2.05) is 63.2 Å². The normalized spacial score (nSPS) is 11.4. The van der Waals surface area contributed by atoms with Gasteiger partial charge in [-0.2, -0.15) is 0 Å². The Morgan fingerprint density at radius 1 is 0.966 bits per heavy atom. The van der Waals surface area contributed by atoms with Crippen LogP contribution in [-0.2, 0) is 20.7 Å². The number of nitrogens with one attached hydrogen (secondary N) is 1. The predicted octanol–water partition coefficient (Wildman–Crippen LogP) is 3.23. The molecule has 0 spiro atoms. The summed E-state index contributed by atoms with van der Waals surface area (Å²) in [6.07, 6.45) is 0.456. The molecular formula is C23H29NO5. The number of amides is 1. The van der Waals surface area contributed by atoms with E-state index in [1.165, 1.54) is 7.11 Å². The topological polar surface area (TPSA) is 73.9 Å². The molecule has 0 saturated heterocycles. The third-order valence-corrected chi connectivity index (χ3v) is 4.64. The SMILES string of the molecule is CCOc1ccc(C[C@H](CNC(=O)COc2ccc(C)c(C)c2)C(=O)OC)cc1. The fourth-order valence-electron chi connectivity index (χ4n) is 2.82. The van der Waals surface area contributed by atoms with Crippen molar-refractivity contribution >= 4 is 11.9 Å². The van der Waals surface area contributed by atoms with Crippen molar-refractivity contribution in [1.29, 1.82) is 0 Å². The summed E-state index contributed by atoms with van der Waals surface area (Å²) in [6, 6.07) is 13.2. The van der Waals surface area contributed by atoms with Gasteiger partial charge in [0.2, 0.25) is 0 Å². The van der Waals surface area contributed by atoms with Crippen LogP contribution < -0.4 is 14.8 Å². The van der Waals surface area contributed by atoms with Crippen LogP contribution in [0.15, 0.2) is 42.5 Å². The molecule has 0 heterocycles. The first kappa shape index (κ1) is 22.3. The summed E-state index contributed by atoms with van der Waals surface area (Å²) in [7, 11) is 1.35. The highest BCUT2D eigenvalue weighted by molar-refractivity contribution is 5.79. The first-order valence-electron chi connectivity index (χ1n) is 9.69. The Bertz CT molecular complexity index is 817. The lowest BCUT2D eigenvalue weighted by molar-refractivity contribution is -0.145. The lowest BCUT2D eigenvalue weighted by Crippen LogP contribution is -2.37. The van der Waals surface area contributed by atoms with Crippen LogP contribution in [0, 0.1) is 19.8 Å². The molecule has 0 saturated carbocycles. The Hall–Kier alpha value is -3.02. The highest BCUT2D eigenvalue weighted by atomic mass is 16.5. The molecule has 0 bridgehead atoms. The highest BCUT2D eigenvalue weighted by Crippen LogP contribution is 2.17. The Morgan fingerprint density at radius 3 is 2.28 bits per heavy atom. The maximum absolute atomic E-state index is 12.1. The molecule has 0 fully saturated rings. The maximum Gasteiger partial charge on any atom is 0.310 e. The fraction of sp³-hybridized carbons (Fsp3) is 0.391. The van der Waals surface area contributed by atoms with Gasteiger partial charge in [0.25, 0.3) is 5.91 Å². The van der Waals surface area contributed by atoms with Crippen molar-refractivity contribution in [3.63, 3.8) is 0 Å². The minimum atomic E-state index is -0.483. The molecule has 1 atom stereocenters. The van der Waals surface area contributed by atoms with Gasteiger partial charge in [-0.3, -0.25) is 9.59 Å². The van der Waals surface area contributed by atoms with Gasteiger partial charge in [-0.25, -0.2) is 0 Å². The molecule has 0 aliphatic rings. The van der Waals surface area contributed by atoms with Crippen LogP contribution in [-0.4, -0.2) is 38.7 Å². The van der Waals surface area contributed by atoms with E-state index in [9.17, 15) is 9.59 Å². The molecule has 0 aliphatic carbocycles. The molecule has 0 aromatic heterocycles. The van der Waals surface area contributed by atoms with Gasteiger partial charge in [0.1, 0.15) is 11.5 Å². The minimum Gasteiger partial charge on any atom is -0.494 e. The van der Waals surface area contributed by atoms with Gasteiger partial charge in [-0.05, 0) is 68.1 Å². The second-order valence-electron chi connectivity index (χ2n) is 6.84. The molecule has 0 unspecified atom stereocenters. The molecular weight excluding hydrogens is 370 g/mol. The van der Waals surface area contributed by atoms with Crippen molar-refractivity contribution in [2.75, 3.05) is 26.9 Å². The Labute approximate surface area is 172 Å². The van der Waals surface area contributed by atoms with Crippen molar-refractivity contribution in [3.05, 3.63) is 59.2 Å². The summed E-state index contributed by atoms with van der Waals surface area (Å²) < 4.78 is 15.8. The maximum atomic E-state index is 12.1. The van der Waals surface area contributed by atoms with Crippen molar-refractivity contribution in [3.8, 4) is 11.5 Å². The number of benzene rings is 2. The number of carbonyl (C=O) groups is 2. The van der Waals surface area contributed by atoms with Crippen LogP contribution in [0.3, 0.4) is 0 Å². The second kappa shape index (κ2) is 11.1. The van der Waals surface area contributed by atoms with Crippen molar-refractivity contribution in [1.82, 2.24) is 5.32 Å². The van der Waals surface area contributed by atoms with E-state index in [0.717, 1.165) is 22.4 Å². The van der Waals surface area contributed by atoms with Gasteiger partial charge in [-0.1, -0.05) is 18.2 Å². The summed E-state index contributed by atoms with van der Waals surface area (Å²) in [5.74, 6) is 0.284. The number of carbonyl (C=O) groups excluding carboxylic acids is 2. The van der Waals surface area contributed by atoms with Crippen molar-refractivity contribution in [2.24, 2.45) is 5.92 Å². The zero-order chi connectivity index (χ0) is 21.2. The van der Waals surface area contributed by atoms with Gasteiger partial charge in [0.05, 0.1) is 19.6 Å². The van der Waals surface area contributed by atoms with Crippen LogP contribution >= 0.6 is 0 Å². The second-order valence-corrected chi connectivity index (χ2v) is 6.84. The molecule has 0 radical (unpaired) electrons. The zero-order valence-corrected chi connectivity index (χ0v) is 17.5.